The molecule has 168 valence electrons. The Balaban J connectivity index is 1.83. The zero-order chi connectivity index (χ0) is 22.4. The molecule has 2 aromatic rings. The fraction of sp³-hybridized carbons (Fsp3) is 0.435. The molecule has 0 aliphatic carbocycles. The first-order chi connectivity index (χ1) is 14.8. The number of rotatable bonds is 8. The van der Waals surface area contributed by atoms with Crippen LogP contribution in [0.3, 0.4) is 0 Å². The van der Waals surface area contributed by atoms with Crippen LogP contribution in [-0.2, 0) is 21.2 Å². The van der Waals surface area contributed by atoms with Crippen molar-refractivity contribution in [1.82, 2.24) is 4.31 Å². The van der Waals surface area contributed by atoms with Gasteiger partial charge in [-0.25, -0.2) is 8.42 Å². The largest absolute Gasteiger partial charge is 0.496 e. The number of hydrogen-bond acceptors (Lipinski definition) is 5. The Morgan fingerprint density at radius 3 is 2.48 bits per heavy atom. The van der Waals surface area contributed by atoms with Crippen LogP contribution in [0.2, 0.25) is 0 Å². The fourth-order valence-electron chi connectivity index (χ4n) is 3.66. The van der Waals surface area contributed by atoms with Gasteiger partial charge < -0.3 is 14.8 Å². The molecule has 1 amide bonds. The summed E-state index contributed by atoms with van der Waals surface area (Å²) >= 11 is 0. The summed E-state index contributed by atoms with van der Waals surface area (Å²) in [5, 5.41) is 2.82. The van der Waals surface area contributed by atoms with Gasteiger partial charge in [-0.05, 0) is 62.1 Å². The standard InChI is InChI=1S/C23H30N2O5S/c1-4-30-21-11-10-19(31(27,28)25-12-6-5-7-13-25)16-20(21)24-23(26)15-18-9-8-17(2)22(14-18)29-3/h8-11,14,16H,4-7,12-13,15H2,1-3H3,(H,24,26). The summed E-state index contributed by atoms with van der Waals surface area (Å²) in [4.78, 5) is 12.9. The monoisotopic (exact) mass is 446 g/mol. The predicted octanol–water partition coefficient (Wildman–Crippen LogP) is 3.76. The lowest BCUT2D eigenvalue weighted by molar-refractivity contribution is -0.115. The minimum absolute atomic E-state index is 0.130. The number of hydrogen-bond donors (Lipinski definition) is 1. The average Bonchev–Trinajstić information content (AvgIpc) is 2.77. The lowest BCUT2D eigenvalue weighted by Crippen LogP contribution is -2.35. The van der Waals surface area contributed by atoms with Crippen LogP contribution in [0.4, 0.5) is 5.69 Å². The third-order valence-electron chi connectivity index (χ3n) is 5.31. The first kappa shape index (κ1) is 23.1. The molecule has 3 rings (SSSR count). The Bertz CT molecular complexity index is 1030. The fourth-order valence-corrected chi connectivity index (χ4v) is 5.20. The zero-order valence-corrected chi connectivity index (χ0v) is 19.1. The van der Waals surface area contributed by atoms with Gasteiger partial charge in [0.15, 0.2) is 0 Å². The quantitative estimate of drug-likeness (QED) is 0.667. The number of anilines is 1. The van der Waals surface area contributed by atoms with Crippen LogP contribution in [0, 0.1) is 6.92 Å². The lowest BCUT2D eigenvalue weighted by atomic mass is 10.1. The van der Waals surface area contributed by atoms with Crippen LogP contribution in [0.1, 0.15) is 37.3 Å². The predicted molar refractivity (Wildman–Crippen MR) is 120 cm³/mol. The SMILES string of the molecule is CCOc1ccc(S(=O)(=O)N2CCCCC2)cc1NC(=O)Cc1ccc(C)c(OC)c1. The maximum absolute atomic E-state index is 13.0. The topological polar surface area (TPSA) is 84.9 Å². The van der Waals surface area contributed by atoms with E-state index in [-0.39, 0.29) is 17.2 Å². The molecule has 7 nitrogen and oxygen atoms in total. The first-order valence-electron chi connectivity index (χ1n) is 10.6. The molecule has 1 aliphatic heterocycles. The molecular formula is C23H30N2O5S. The number of ether oxygens (including phenoxy) is 2. The first-order valence-corrected chi connectivity index (χ1v) is 12.0. The smallest absolute Gasteiger partial charge is 0.243 e. The van der Waals surface area contributed by atoms with Gasteiger partial charge in [0.05, 0.1) is 30.7 Å². The lowest BCUT2D eigenvalue weighted by Gasteiger charge is -2.26. The van der Waals surface area contributed by atoms with Gasteiger partial charge >= 0.3 is 0 Å². The molecule has 2 aromatic carbocycles. The summed E-state index contributed by atoms with van der Waals surface area (Å²) in [5.74, 6) is 0.893. The summed E-state index contributed by atoms with van der Waals surface area (Å²) in [6, 6.07) is 10.2. The van der Waals surface area contributed by atoms with Crippen LogP contribution in [-0.4, -0.2) is 45.4 Å². The molecule has 0 bridgehead atoms. The van der Waals surface area contributed by atoms with Gasteiger partial charge in [0, 0.05) is 13.1 Å². The average molecular weight is 447 g/mol. The van der Waals surface area contributed by atoms with Crippen molar-refractivity contribution in [2.75, 3.05) is 32.1 Å². The van der Waals surface area contributed by atoms with Crippen LogP contribution < -0.4 is 14.8 Å². The second kappa shape index (κ2) is 10.2. The van der Waals surface area contributed by atoms with E-state index < -0.39 is 10.0 Å². The van der Waals surface area contributed by atoms with Crippen molar-refractivity contribution in [3.63, 3.8) is 0 Å². The highest BCUT2D eigenvalue weighted by Crippen LogP contribution is 2.30. The number of sulfonamides is 1. The molecule has 0 radical (unpaired) electrons. The highest BCUT2D eigenvalue weighted by molar-refractivity contribution is 7.89. The number of carbonyl (C=O) groups excluding carboxylic acids is 1. The molecule has 1 aliphatic rings. The van der Waals surface area contributed by atoms with E-state index in [0.29, 0.717) is 31.1 Å². The molecular weight excluding hydrogens is 416 g/mol. The van der Waals surface area contributed by atoms with Crippen molar-refractivity contribution < 1.29 is 22.7 Å². The Hall–Kier alpha value is -2.58. The second-order valence-electron chi connectivity index (χ2n) is 7.58. The summed E-state index contributed by atoms with van der Waals surface area (Å²) in [6.07, 6.45) is 2.89. The van der Waals surface area contributed by atoms with E-state index >= 15 is 0 Å². The molecule has 8 heteroatoms. The van der Waals surface area contributed by atoms with Gasteiger partial charge in [-0.15, -0.1) is 0 Å². The molecule has 0 aromatic heterocycles. The number of aryl methyl sites for hydroxylation is 1. The summed E-state index contributed by atoms with van der Waals surface area (Å²) in [5.41, 5.74) is 2.14. The summed E-state index contributed by atoms with van der Waals surface area (Å²) in [7, 11) is -2.02. The van der Waals surface area contributed by atoms with Crippen molar-refractivity contribution in [3.05, 3.63) is 47.5 Å². The van der Waals surface area contributed by atoms with Gasteiger partial charge in [0.1, 0.15) is 11.5 Å². The third kappa shape index (κ3) is 5.57. The Labute approximate surface area is 184 Å². The molecule has 0 spiro atoms. The van der Waals surface area contributed by atoms with Crippen molar-refractivity contribution in [2.24, 2.45) is 0 Å². The Morgan fingerprint density at radius 1 is 1.06 bits per heavy atom. The van der Waals surface area contributed by atoms with E-state index in [4.69, 9.17) is 9.47 Å². The molecule has 1 saturated heterocycles. The second-order valence-corrected chi connectivity index (χ2v) is 9.52. The maximum Gasteiger partial charge on any atom is 0.243 e. The summed E-state index contributed by atoms with van der Waals surface area (Å²) < 4.78 is 38.5. The Kier molecular flexibility index (Phi) is 7.56. The number of carbonyl (C=O) groups is 1. The summed E-state index contributed by atoms with van der Waals surface area (Å²) in [6.45, 7) is 5.21. The minimum atomic E-state index is -3.61. The van der Waals surface area contributed by atoms with Crippen LogP contribution in [0.5, 0.6) is 11.5 Å². The van der Waals surface area contributed by atoms with Crippen LogP contribution in [0.25, 0.3) is 0 Å². The van der Waals surface area contributed by atoms with Crippen molar-refractivity contribution in [1.29, 1.82) is 0 Å². The van der Waals surface area contributed by atoms with Crippen LogP contribution >= 0.6 is 0 Å². The van der Waals surface area contributed by atoms with Gasteiger partial charge in [0.2, 0.25) is 15.9 Å². The van der Waals surface area contributed by atoms with E-state index in [1.807, 2.05) is 32.0 Å². The highest BCUT2D eigenvalue weighted by Gasteiger charge is 2.27. The number of benzene rings is 2. The molecule has 0 atom stereocenters. The number of nitrogens with one attached hydrogen (secondary N) is 1. The number of piperidine rings is 1. The molecule has 0 unspecified atom stereocenters. The van der Waals surface area contributed by atoms with Crippen molar-refractivity contribution in [3.8, 4) is 11.5 Å². The Morgan fingerprint density at radius 2 is 1.81 bits per heavy atom. The molecule has 1 heterocycles. The van der Waals surface area contributed by atoms with Gasteiger partial charge in [-0.3, -0.25) is 4.79 Å². The molecule has 1 fully saturated rings. The van der Waals surface area contributed by atoms with Crippen molar-refractivity contribution >= 4 is 21.6 Å². The van der Waals surface area contributed by atoms with E-state index in [0.717, 1.165) is 36.1 Å². The molecule has 0 saturated carbocycles. The van der Waals surface area contributed by atoms with Crippen molar-refractivity contribution in [2.45, 2.75) is 44.4 Å². The van der Waals surface area contributed by atoms with Gasteiger partial charge in [0.25, 0.3) is 0 Å². The van der Waals surface area contributed by atoms with E-state index in [9.17, 15) is 13.2 Å². The molecule has 1 N–H and O–H groups in total. The minimum Gasteiger partial charge on any atom is -0.496 e. The third-order valence-corrected chi connectivity index (χ3v) is 7.21. The molecule has 31 heavy (non-hydrogen) atoms. The van der Waals surface area contributed by atoms with E-state index in [1.165, 1.54) is 16.4 Å². The van der Waals surface area contributed by atoms with Gasteiger partial charge in [-0.1, -0.05) is 18.6 Å². The number of nitrogens with zero attached hydrogens (tertiary/aromatic N) is 1. The number of amides is 1. The number of methoxy groups -OCH3 is 1. The highest BCUT2D eigenvalue weighted by atomic mass is 32.2. The van der Waals surface area contributed by atoms with Gasteiger partial charge in [-0.2, -0.15) is 4.31 Å². The van der Waals surface area contributed by atoms with E-state index in [2.05, 4.69) is 5.32 Å². The van der Waals surface area contributed by atoms with E-state index in [1.54, 1.807) is 13.2 Å². The normalized spacial score (nSPS) is 14.8. The maximum atomic E-state index is 13.0. The van der Waals surface area contributed by atoms with Crippen LogP contribution in [0.15, 0.2) is 41.3 Å². The zero-order valence-electron chi connectivity index (χ0n) is 18.3.